The summed E-state index contributed by atoms with van der Waals surface area (Å²) in [6, 6.07) is 8.54. The van der Waals surface area contributed by atoms with E-state index in [4.69, 9.17) is 0 Å². The van der Waals surface area contributed by atoms with Gasteiger partial charge in [-0.2, -0.15) is 8.78 Å². The fourth-order valence-electron chi connectivity index (χ4n) is 1.42. The highest BCUT2D eigenvalue weighted by atomic mass is 19.3. The Hall–Kier alpha value is -2.10. The molecule has 0 radical (unpaired) electrons. The zero-order valence-electron chi connectivity index (χ0n) is 8.27. The van der Waals surface area contributed by atoms with E-state index in [-0.39, 0.29) is 0 Å². The topological polar surface area (TPSA) is 25.8 Å². The largest absolute Gasteiger partial charge is 0.270 e. The summed E-state index contributed by atoms with van der Waals surface area (Å²) in [5.74, 6) is 0. The fourth-order valence-corrected chi connectivity index (χ4v) is 1.42. The highest BCUT2D eigenvalue weighted by molar-refractivity contribution is 5.72. The first-order valence-corrected chi connectivity index (χ1v) is 4.65. The van der Waals surface area contributed by atoms with Gasteiger partial charge >= 0.3 is 0 Å². The zero-order chi connectivity index (χ0) is 11.4. The maximum atomic E-state index is 12.2. The number of hydrogen-bond donors (Lipinski definition) is 0. The van der Waals surface area contributed by atoms with Crippen LogP contribution in [0.1, 0.15) is 5.56 Å². The number of nitrogens with zero attached hydrogens (tertiary/aromatic N) is 2. The van der Waals surface area contributed by atoms with Crippen LogP contribution in [-0.4, -0.2) is 9.97 Å². The predicted octanol–water partition coefficient (Wildman–Crippen LogP) is 3.38. The van der Waals surface area contributed by atoms with Gasteiger partial charge in [0.1, 0.15) is 6.33 Å². The third-order valence-electron chi connectivity index (χ3n) is 2.08. The van der Waals surface area contributed by atoms with Gasteiger partial charge in [0.25, 0.3) is 6.08 Å². The van der Waals surface area contributed by atoms with Crippen molar-refractivity contribution >= 4 is 6.08 Å². The van der Waals surface area contributed by atoms with E-state index < -0.39 is 6.08 Å². The first kappa shape index (κ1) is 10.4. The molecule has 0 aliphatic heterocycles. The Morgan fingerprint density at radius 1 is 1.12 bits per heavy atom. The molecule has 0 saturated heterocycles. The molecule has 1 aromatic carbocycles. The standard InChI is InChI=1S/C12H8F2N2/c13-12(14)7-9-3-1-2-4-10(9)11-5-6-15-8-16-11/h1-8H. The highest BCUT2D eigenvalue weighted by Crippen LogP contribution is 2.23. The van der Waals surface area contributed by atoms with E-state index in [1.54, 1.807) is 36.5 Å². The SMILES string of the molecule is FC(F)=Cc1ccccc1-c1ccncn1. The van der Waals surface area contributed by atoms with E-state index in [0.29, 0.717) is 16.8 Å². The molecule has 4 heteroatoms. The van der Waals surface area contributed by atoms with Crippen molar-refractivity contribution in [1.82, 2.24) is 9.97 Å². The summed E-state index contributed by atoms with van der Waals surface area (Å²) in [7, 11) is 0. The van der Waals surface area contributed by atoms with Gasteiger partial charge in [0.15, 0.2) is 0 Å². The molecule has 0 N–H and O–H groups in total. The van der Waals surface area contributed by atoms with Crippen molar-refractivity contribution in [3.63, 3.8) is 0 Å². The van der Waals surface area contributed by atoms with E-state index in [1.807, 2.05) is 0 Å². The van der Waals surface area contributed by atoms with Gasteiger partial charge in [0, 0.05) is 17.8 Å². The Kier molecular flexibility index (Phi) is 3.00. The summed E-state index contributed by atoms with van der Waals surface area (Å²) >= 11 is 0. The van der Waals surface area contributed by atoms with Crippen LogP contribution in [0.25, 0.3) is 17.3 Å². The lowest BCUT2D eigenvalue weighted by Crippen LogP contribution is -1.87. The van der Waals surface area contributed by atoms with Crippen LogP contribution in [0.2, 0.25) is 0 Å². The van der Waals surface area contributed by atoms with Crippen molar-refractivity contribution in [1.29, 1.82) is 0 Å². The maximum Gasteiger partial charge on any atom is 0.270 e. The van der Waals surface area contributed by atoms with Crippen LogP contribution < -0.4 is 0 Å². The minimum Gasteiger partial charge on any atom is -0.245 e. The molecule has 0 spiro atoms. The number of halogens is 2. The highest BCUT2D eigenvalue weighted by Gasteiger charge is 2.04. The smallest absolute Gasteiger partial charge is 0.245 e. The Labute approximate surface area is 91.3 Å². The Bertz CT molecular complexity index is 505. The van der Waals surface area contributed by atoms with Crippen LogP contribution in [0.3, 0.4) is 0 Å². The molecule has 80 valence electrons. The second kappa shape index (κ2) is 4.61. The normalized spacial score (nSPS) is 9.88. The zero-order valence-corrected chi connectivity index (χ0v) is 8.27. The fraction of sp³-hybridized carbons (Fsp3) is 0. The van der Waals surface area contributed by atoms with Crippen molar-refractivity contribution in [3.8, 4) is 11.3 Å². The van der Waals surface area contributed by atoms with Gasteiger partial charge in [-0.05, 0) is 11.6 Å². The van der Waals surface area contributed by atoms with Crippen molar-refractivity contribution in [3.05, 3.63) is 54.5 Å². The number of aromatic nitrogens is 2. The quantitative estimate of drug-likeness (QED) is 0.772. The van der Waals surface area contributed by atoms with E-state index >= 15 is 0 Å². The van der Waals surface area contributed by atoms with Crippen LogP contribution in [-0.2, 0) is 0 Å². The van der Waals surface area contributed by atoms with Gasteiger partial charge in [-0.15, -0.1) is 0 Å². The molecule has 0 amide bonds. The maximum absolute atomic E-state index is 12.2. The van der Waals surface area contributed by atoms with E-state index in [9.17, 15) is 8.78 Å². The first-order chi connectivity index (χ1) is 7.77. The molecule has 0 unspecified atom stereocenters. The molecular weight excluding hydrogens is 210 g/mol. The summed E-state index contributed by atoms with van der Waals surface area (Å²) < 4.78 is 24.5. The molecule has 16 heavy (non-hydrogen) atoms. The molecule has 2 rings (SSSR count). The summed E-state index contributed by atoms with van der Waals surface area (Å²) in [6.45, 7) is 0. The van der Waals surface area contributed by atoms with Gasteiger partial charge in [0.05, 0.1) is 5.69 Å². The monoisotopic (exact) mass is 218 g/mol. The van der Waals surface area contributed by atoms with Crippen LogP contribution >= 0.6 is 0 Å². The molecule has 2 aromatic rings. The molecule has 1 aromatic heterocycles. The molecule has 0 fully saturated rings. The van der Waals surface area contributed by atoms with Gasteiger partial charge in [-0.3, -0.25) is 0 Å². The summed E-state index contributed by atoms with van der Waals surface area (Å²) in [5.41, 5.74) is 1.74. The Morgan fingerprint density at radius 3 is 2.62 bits per heavy atom. The van der Waals surface area contributed by atoms with Crippen molar-refractivity contribution < 1.29 is 8.78 Å². The average molecular weight is 218 g/mol. The summed E-state index contributed by atoms with van der Waals surface area (Å²) in [4.78, 5) is 7.82. The van der Waals surface area contributed by atoms with E-state index in [2.05, 4.69) is 9.97 Å². The molecule has 0 aliphatic carbocycles. The molecule has 0 atom stereocenters. The minimum atomic E-state index is -1.72. The minimum absolute atomic E-state index is 0.446. The lowest BCUT2D eigenvalue weighted by Gasteiger charge is -2.03. The lowest BCUT2D eigenvalue weighted by molar-refractivity contribution is 0.429. The lowest BCUT2D eigenvalue weighted by atomic mass is 10.0. The number of benzene rings is 1. The molecule has 2 nitrogen and oxygen atoms in total. The predicted molar refractivity (Wildman–Crippen MR) is 57.7 cm³/mol. The molecule has 0 saturated carbocycles. The Balaban J connectivity index is 2.53. The van der Waals surface area contributed by atoms with E-state index in [1.165, 1.54) is 6.33 Å². The van der Waals surface area contributed by atoms with Crippen molar-refractivity contribution in [2.24, 2.45) is 0 Å². The van der Waals surface area contributed by atoms with Gasteiger partial charge in [-0.1, -0.05) is 24.3 Å². The summed E-state index contributed by atoms with van der Waals surface area (Å²) in [5, 5.41) is 0. The van der Waals surface area contributed by atoms with Crippen molar-refractivity contribution in [2.75, 3.05) is 0 Å². The average Bonchev–Trinajstić information content (AvgIpc) is 2.30. The number of rotatable bonds is 2. The molecule has 0 aliphatic rings. The third-order valence-corrected chi connectivity index (χ3v) is 2.08. The van der Waals surface area contributed by atoms with Crippen molar-refractivity contribution in [2.45, 2.75) is 0 Å². The second-order valence-corrected chi connectivity index (χ2v) is 3.12. The second-order valence-electron chi connectivity index (χ2n) is 3.12. The van der Waals surface area contributed by atoms with Gasteiger partial charge in [0.2, 0.25) is 0 Å². The van der Waals surface area contributed by atoms with Gasteiger partial charge in [-0.25, -0.2) is 9.97 Å². The number of hydrogen-bond acceptors (Lipinski definition) is 2. The van der Waals surface area contributed by atoms with Gasteiger partial charge < -0.3 is 0 Å². The van der Waals surface area contributed by atoms with Crippen LogP contribution in [0.5, 0.6) is 0 Å². The van der Waals surface area contributed by atoms with Crippen LogP contribution in [0.15, 0.2) is 48.9 Å². The van der Waals surface area contributed by atoms with E-state index in [0.717, 1.165) is 6.08 Å². The molecule has 1 heterocycles. The van der Waals surface area contributed by atoms with Crippen LogP contribution in [0, 0.1) is 0 Å². The third kappa shape index (κ3) is 2.28. The summed E-state index contributed by atoms with van der Waals surface area (Å²) in [6.07, 6.45) is 2.08. The first-order valence-electron chi connectivity index (χ1n) is 4.65. The molecular formula is C12H8F2N2. The Morgan fingerprint density at radius 2 is 1.94 bits per heavy atom. The van der Waals surface area contributed by atoms with Crippen LogP contribution in [0.4, 0.5) is 8.78 Å². The molecule has 0 bridgehead atoms.